The summed E-state index contributed by atoms with van der Waals surface area (Å²) >= 11 is 0. The number of aliphatic hydroxyl groups is 1. The molecule has 2 heterocycles. The standard InChI is InChI=1S/C17H24N2O3/c1-18(10-17(11-20)12-22-13-17)15-8-5-9-19(16(15)21)14-6-3-2-4-7-14/h2-4,6-7,15,20H,5,8-13H2,1H3. The van der Waals surface area contributed by atoms with Gasteiger partial charge in [-0.1, -0.05) is 18.2 Å². The van der Waals surface area contributed by atoms with E-state index in [1.165, 1.54) is 0 Å². The molecular weight excluding hydrogens is 280 g/mol. The van der Waals surface area contributed by atoms with E-state index in [4.69, 9.17) is 4.74 Å². The largest absolute Gasteiger partial charge is 0.396 e. The quantitative estimate of drug-likeness (QED) is 0.886. The van der Waals surface area contributed by atoms with Gasteiger partial charge in [0.15, 0.2) is 0 Å². The van der Waals surface area contributed by atoms with Crippen molar-refractivity contribution in [3.8, 4) is 0 Å². The Morgan fingerprint density at radius 1 is 1.36 bits per heavy atom. The predicted molar refractivity (Wildman–Crippen MR) is 84.8 cm³/mol. The van der Waals surface area contributed by atoms with E-state index >= 15 is 0 Å². The summed E-state index contributed by atoms with van der Waals surface area (Å²) < 4.78 is 5.25. The van der Waals surface area contributed by atoms with Gasteiger partial charge in [0.05, 0.1) is 31.3 Å². The van der Waals surface area contributed by atoms with Gasteiger partial charge in [-0.15, -0.1) is 0 Å². The number of aliphatic hydroxyl groups excluding tert-OH is 1. The van der Waals surface area contributed by atoms with Gasteiger partial charge in [0.1, 0.15) is 0 Å². The highest BCUT2D eigenvalue weighted by molar-refractivity contribution is 5.97. The van der Waals surface area contributed by atoms with Crippen LogP contribution in [-0.4, -0.2) is 61.9 Å². The van der Waals surface area contributed by atoms with E-state index in [2.05, 4.69) is 4.90 Å². The Balaban J connectivity index is 1.69. The van der Waals surface area contributed by atoms with Gasteiger partial charge in [-0.25, -0.2) is 0 Å². The number of hydrogen-bond donors (Lipinski definition) is 1. The topological polar surface area (TPSA) is 53.0 Å². The number of benzene rings is 1. The van der Waals surface area contributed by atoms with Gasteiger partial charge in [-0.2, -0.15) is 0 Å². The molecule has 1 amide bonds. The predicted octanol–water partition coefficient (Wildman–Crippen LogP) is 1.12. The number of ether oxygens (including phenoxy) is 1. The van der Waals surface area contributed by atoms with E-state index in [1.54, 1.807) is 0 Å². The smallest absolute Gasteiger partial charge is 0.244 e. The molecule has 5 nitrogen and oxygen atoms in total. The molecule has 0 aromatic heterocycles. The first kappa shape index (κ1) is 15.5. The van der Waals surface area contributed by atoms with Crippen LogP contribution in [0.3, 0.4) is 0 Å². The Labute approximate surface area is 131 Å². The SMILES string of the molecule is CN(CC1(CO)COC1)C1CCCN(c2ccccc2)C1=O. The molecule has 2 saturated heterocycles. The molecule has 3 rings (SSSR count). The lowest BCUT2D eigenvalue weighted by Crippen LogP contribution is -2.58. The maximum absolute atomic E-state index is 12.8. The summed E-state index contributed by atoms with van der Waals surface area (Å²) in [6.07, 6.45) is 1.87. The lowest BCUT2D eigenvalue weighted by atomic mass is 9.85. The number of anilines is 1. The summed E-state index contributed by atoms with van der Waals surface area (Å²) in [6, 6.07) is 9.73. The van der Waals surface area contributed by atoms with Crippen LogP contribution in [0, 0.1) is 5.41 Å². The van der Waals surface area contributed by atoms with Crippen LogP contribution in [-0.2, 0) is 9.53 Å². The molecule has 1 unspecified atom stereocenters. The number of para-hydroxylation sites is 1. The lowest BCUT2D eigenvalue weighted by molar-refractivity contribution is -0.153. The summed E-state index contributed by atoms with van der Waals surface area (Å²) in [4.78, 5) is 16.8. The van der Waals surface area contributed by atoms with Crippen LogP contribution in [0.15, 0.2) is 30.3 Å². The average molecular weight is 304 g/mol. The van der Waals surface area contributed by atoms with Crippen molar-refractivity contribution in [3.63, 3.8) is 0 Å². The van der Waals surface area contributed by atoms with E-state index in [0.29, 0.717) is 19.8 Å². The van der Waals surface area contributed by atoms with Crippen LogP contribution in [0.2, 0.25) is 0 Å². The highest BCUT2D eigenvalue weighted by Gasteiger charge is 2.42. The minimum absolute atomic E-state index is 0.112. The highest BCUT2D eigenvalue weighted by Crippen LogP contribution is 2.30. The maximum Gasteiger partial charge on any atom is 0.244 e. The summed E-state index contributed by atoms with van der Waals surface area (Å²) in [5.74, 6) is 0.160. The van der Waals surface area contributed by atoms with Crippen LogP contribution in [0.5, 0.6) is 0 Å². The molecule has 0 saturated carbocycles. The summed E-state index contributed by atoms with van der Waals surface area (Å²) in [5.41, 5.74) is 0.777. The van der Waals surface area contributed by atoms with E-state index in [1.807, 2.05) is 42.3 Å². The fourth-order valence-corrected chi connectivity index (χ4v) is 3.39. The van der Waals surface area contributed by atoms with Gasteiger partial charge in [-0.05, 0) is 32.0 Å². The first-order chi connectivity index (χ1) is 10.7. The molecule has 2 fully saturated rings. The molecule has 0 radical (unpaired) electrons. The van der Waals surface area contributed by atoms with Crippen molar-refractivity contribution in [2.45, 2.75) is 18.9 Å². The van der Waals surface area contributed by atoms with Crippen LogP contribution in [0.1, 0.15) is 12.8 Å². The van der Waals surface area contributed by atoms with Crippen LogP contribution in [0.25, 0.3) is 0 Å². The van der Waals surface area contributed by atoms with Crippen molar-refractivity contribution in [3.05, 3.63) is 30.3 Å². The number of piperidine rings is 1. The Morgan fingerprint density at radius 2 is 2.09 bits per heavy atom. The normalized spacial score (nSPS) is 24.4. The van der Waals surface area contributed by atoms with Gasteiger partial charge < -0.3 is 14.7 Å². The molecule has 1 atom stereocenters. The first-order valence-corrected chi connectivity index (χ1v) is 7.90. The molecule has 0 spiro atoms. The molecule has 2 aliphatic heterocycles. The third kappa shape index (κ3) is 2.89. The Morgan fingerprint density at radius 3 is 2.68 bits per heavy atom. The Kier molecular flexibility index (Phi) is 4.47. The lowest BCUT2D eigenvalue weighted by Gasteiger charge is -2.45. The van der Waals surface area contributed by atoms with E-state index in [0.717, 1.165) is 25.1 Å². The minimum atomic E-state index is -0.190. The number of carbonyl (C=O) groups excluding carboxylic acids is 1. The van der Waals surface area contributed by atoms with Crippen molar-refractivity contribution in [2.24, 2.45) is 5.41 Å². The second kappa shape index (κ2) is 6.36. The zero-order valence-corrected chi connectivity index (χ0v) is 13.1. The molecular formula is C17H24N2O3. The minimum Gasteiger partial charge on any atom is -0.396 e. The number of hydrogen-bond acceptors (Lipinski definition) is 4. The zero-order chi connectivity index (χ0) is 15.6. The molecule has 1 aromatic carbocycles. The van der Waals surface area contributed by atoms with Gasteiger partial charge in [0, 0.05) is 18.8 Å². The molecule has 1 aromatic rings. The van der Waals surface area contributed by atoms with Crippen molar-refractivity contribution < 1.29 is 14.6 Å². The van der Waals surface area contributed by atoms with Gasteiger partial charge in [0.2, 0.25) is 5.91 Å². The fraction of sp³-hybridized carbons (Fsp3) is 0.588. The van der Waals surface area contributed by atoms with Gasteiger partial charge >= 0.3 is 0 Å². The van der Waals surface area contributed by atoms with Crippen molar-refractivity contribution in [1.82, 2.24) is 4.90 Å². The van der Waals surface area contributed by atoms with Crippen molar-refractivity contribution >= 4 is 11.6 Å². The summed E-state index contributed by atoms with van der Waals surface area (Å²) in [6.45, 7) is 2.75. The Bertz CT molecular complexity index is 510. The number of carbonyl (C=O) groups is 1. The molecule has 120 valence electrons. The van der Waals surface area contributed by atoms with Gasteiger partial charge in [-0.3, -0.25) is 9.69 Å². The third-order valence-corrected chi connectivity index (χ3v) is 4.75. The van der Waals surface area contributed by atoms with Crippen molar-refractivity contribution in [1.29, 1.82) is 0 Å². The monoisotopic (exact) mass is 304 g/mol. The second-order valence-corrected chi connectivity index (χ2v) is 6.55. The molecule has 22 heavy (non-hydrogen) atoms. The van der Waals surface area contributed by atoms with Crippen LogP contribution in [0.4, 0.5) is 5.69 Å². The van der Waals surface area contributed by atoms with E-state index in [-0.39, 0.29) is 24.0 Å². The molecule has 2 aliphatic rings. The average Bonchev–Trinajstić information content (AvgIpc) is 2.52. The Hall–Kier alpha value is -1.43. The fourth-order valence-electron chi connectivity index (χ4n) is 3.39. The van der Waals surface area contributed by atoms with E-state index < -0.39 is 0 Å². The van der Waals surface area contributed by atoms with Crippen LogP contribution < -0.4 is 4.90 Å². The summed E-state index contributed by atoms with van der Waals surface area (Å²) in [5, 5.41) is 9.58. The van der Waals surface area contributed by atoms with Crippen molar-refractivity contribution in [2.75, 3.05) is 44.9 Å². The zero-order valence-electron chi connectivity index (χ0n) is 13.1. The molecule has 0 aliphatic carbocycles. The number of nitrogens with zero attached hydrogens (tertiary/aromatic N) is 2. The second-order valence-electron chi connectivity index (χ2n) is 6.55. The molecule has 0 bridgehead atoms. The maximum atomic E-state index is 12.8. The first-order valence-electron chi connectivity index (χ1n) is 7.90. The highest BCUT2D eigenvalue weighted by atomic mass is 16.5. The van der Waals surface area contributed by atoms with Crippen LogP contribution >= 0.6 is 0 Å². The molecule has 5 heteroatoms. The third-order valence-electron chi connectivity index (χ3n) is 4.75. The number of amides is 1. The van der Waals surface area contributed by atoms with E-state index in [9.17, 15) is 9.90 Å². The summed E-state index contributed by atoms with van der Waals surface area (Å²) in [7, 11) is 1.98. The van der Waals surface area contributed by atoms with Gasteiger partial charge in [0.25, 0.3) is 0 Å². The number of likely N-dealkylation sites (N-methyl/N-ethyl adjacent to an activating group) is 1. The molecule has 1 N–H and O–H groups in total. The number of rotatable bonds is 5.